The molecule has 0 N–H and O–H groups in total. The van der Waals surface area contributed by atoms with Gasteiger partial charge in [0.1, 0.15) is 5.75 Å². The molecule has 0 aliphatic heterocycles. The Morgan fingerprint density at radius 1 is 0.781 bits per heavy atom. The topological polar surface area (TPSA) is 35.5 Å². The zero-order chi connectivity index (χ0) is 22.8. The standard InChI is InChI=1S/C29H34O3/c1-4-6-8-23-9-11-27(12-10-23)29(30)32-28-19-17-26(18-20-28)25-15-13-24(14-16-25)22(3)31-21-7-5-2/h9-20,22H,4-8,21H2,1-3H3. The fraction of sp³-hybridized carbons (Fsp3) is 0.345. The number of hydrogen-bond acceptors (Lipinski definition) is 3. The number of ether oxygens (including phenoxy) is 2. The lowest BCUT2D eigenvalue weighted by atomic mass is 10.0. The van der Waals surface area contributed by atoms with Crippen molar-refractivity contribution in [1.29, 1.82) is 0 Å². The highest BCUT2D eigenvalue weighted by molar-refractivity contribution is 5.91. The molecule has 1 unspecified atom stereocenters. The van der Waals surface area contributed by atoms with E-state index in [1.807, 2.05) is 48.5 Å². The third kappa shape index (κ3) is 6.80. The Bertz CT molecular complexity index is 957. The van der Waals surface area contributed by atoms with Crippen molar-refractivity contribution in [2.75, 3.05) is 6.61 Å². The quantitative estimate of drug-likeness (QED) is 0.177. The van der Waals surface area contributed by atoms with Gasteiger partial charge in [0, 0.05) is 6.61 Å². The van der Waals surface area contributed by atoms with Gasteiger partial charge in [0.25, 0.3) is 0 Å². The molecule has 0 heterocycles. The summed E-state index contributed by atoms with van der Waals surface area (Å²) in [5.74, 6) is 0.213. The van der Waals surface area contributed by atoms with Gasteiger partial charge >= 0.3 is 5.97 Å². The van der Waals surface area contributed by atoms with Crippen LogP contribution in [0.4, 0.5) is 0 Å². The summed E-state index contributed by atoms with van der Waals surface area (Å²) in [7, 11) is 0. The number of carbonyl (C=O) groups is 1. The van der Waals surface area contributed by atoms with Crippen LogP contribution in [0.1, 0.15) is 74.0 Å². The number of unbranched alkanes of at least 4 members (excludes halogenated alkanes) is 2. The maximum atomic E-state index is 12.5. The van der Waals surface area contributed by atoms with Crippen LogP contribution in [-0.2, 0) is 11.2 Å². The van der Waals surface area contributed by atoms with Crippen molar-refractivity contribution in [3.05, 3.63) is 89.5 Å². The Morgan fingerprint density at radius 2 is 1.38 bits per heavy atom. The van der Waals surface area contributed by atoms with Gasteiger partial charge < -0.3 is 9.47 Å². The molecule has 3 nitrogen and oxygen atoms in total. The Kier molecular flexibility index (Phi) is 9.06. The highest BCUT2D eigenvalue weighted by Gasteiger charge is 2.10. The predicted molar refractivity (Wildman–Crippen MR) is 131 cm³/mol. The molecule has 0 bridgehead atoms. The van der Waals surface area contributed by atoms with E-state index < -0.39 is 0 Å². The van der Waals surface area contributed by atoms with Gasteiger partial charge in [-0.15, -0.1) is 0 Å². The highest BCUT2D eigenvalue weighted by atomic mass is 16.5. The number of esters is 1. The van der Waals surface area contributed by atoms with E-state index in [0.29, 0.717) is 11.3 Å². The molecule has 0 saturated carbocycles. The molecule has 32 heavy (non-hydrogen) atoms. The summed E-state index contributed by atoms with van der Waals surface area (Å²) < 4.78 is 11.4. The van der Waals surface area contributed by atoms with Crippen molar-refractivity contribution in [3.8, 4) is 16.9 Å². The lowest BCUT2D eigenvalue weighted by molar-refractivity contribution is 0.0637. The van der Waals surface area contributed by atoms with Crippen LogP contribution in [-0.4, -0.2) is 12.6 Å². The molecule has 0 radical (unpaired) electrons. The number of benzene rings is 3. The Balaban J connectivity index is 1.58. The van der Waals surface area contributed by atoms with Crippen LogP contribution >= 0.6 is 0 Å². The second-order valence-corrected chi connectivity index (χ2v) is 8.20. The predicted octanol–water partition coefficient (Wildman–Crippen LogP) is 7.79. The average molecular weight is 431 g/mol. The second kappa shape index (κ2) is 12.2. The van der Waals surface area contributed by atoms with Gasteiger partial charge in [-0.3, -0.25) is 0 Å². The maximum Gasteiger partial charge on any atom is 0.343 e. The Labute approximate surface area is 192 Å². The minimum absolute atomic E-state index is 0.0955. The highest BCUT2D eigenvalue weighted by Crippen LogP contribution is 2.26. The first-order valence-electron chi connectivity index (χ1n) is 11.7. The summed E-state index contributed by atoms with van der Waals surface area (Å²) in [6, 6.07) is 23.8. The van der Waals surface area contributed by atoms with Crippen LogP contribution in [0.2, 0.25) is 0 Å². The monoisotopic (exact) mass is 430 g/mol. The molecule has 3 heteroatoms. The summed E-state index contributed by atoms with van der Waals surface area (Å²) in [4.78, 5) is 12.5. The summed E-state index contributed by atoms with van der Waals surface area (Å²) >= 11 is 0. The molecular formula is C29H34O3. The molecule has 0 aliphatic rings. The van der Waals surface area contributed by atoms with Crippen LogP contribution in [0.3, 0.4) is 0 Å². The van der Waals surface area contributed by atoms with E-state index in [1.54, 1.807) is 0 Å². The first kappa shape index (κ1) is 23.7. The SMILES string of the molecule is CCCCOC(C)c1ccc(-c2ccc(OC(=O)c3ccc(CCCC)cc3)cc2)cc1. The fourth-order valence-corrected chi connectivity index (χ4v) is 3.52. The molecule has 0 saturated heterocycles. The van der Waals surface area contributed by atoms with E-state index in [1.165, 1.54) is 11.1 Å². The van der Waals surface area contributed by atoms with Gasteiger partial charge in [0.2, 0.25) is 0 Å². The van der Waals surface area contributed by atoms with Crippen LogP contribution in [0, 0.1) is 0 Å². The van der Waals surface area contributed by atoms with Crippen LogP contribution in [0.15, 0.2) is 72.8 Å². The first-order valence-corrected chi connectivity index (χ1v) is 11.7. The van der Waals surface area contributed by atoms with Gasteiger partial charge in [-0.2, -0.15) is 0 Å². The normalized spacial score (nSPS) is 11.8. The molecule has 3 aromatic carbocycles. The lowest BCUT2D eigenvalue weighted by Gasteiger charge is -2.14. The maximum absolute atomic E-state index is 12.5. The molecule has 0 fully saturated rings. The van der Waals surface area contributed by atoms with Crippen LogP contribution in [0.25, 0.3) is 11.1 Å². The minimum atomic E-state index is -0.332. The zero-order valence-electron chi connectivity index (χ0n) is 19.5. The van der Waals surface area contributed by atoms with E-state index in [-0.39, 0.29) is 12.1 Å². The van der Waals surface area contributed by atoms with Gasteiger partial charge in [0.05, 0.1) is 11.7 Å². The third-order valence-electron chi connectivity index (χ3n) is 5.65. The van der Waals surface area contributed by atoms with Gasteiger partial charge in [0.15, 0.2) is 0 Å². The minimum Gasteiger partial charge on any atom is -0.423 e. The van der Waals surface area contributed by atoms with Crippen molar-refractivity contribution >= 4 is 5.97 Å². The second-order valence-electron chi connectivity index (χ2n) is 8.20. The summed E-state index contributed by atoms with van der Waals surface area (Å²) in [5.41, 5.74) is 5.20. The number of rotatable bonds is 11. The molecule has 0 spiro atoms. The number of carbonyl (C=O) groups excluding carboxylic acids is 1. The summed E-state index contributed by atoms with van der Waals surface area (Å²) in [6.07, 6.45) is 5.68. The van der Waals surface area contributed by atoms with E-state index >= 15 is 0 Å². The number of aryl methyl sites for hydroxylation is 1. The summed E-state index contributed by atoms with van der Waals surface area (Å²) in [6.45, 7) is 7.23. The van der Waals surface area contributed by atoms with Crippen molar-refractivity contribution in [1.82, 2.24) is 0 Å². The van der Waals surface area contributed by atoms with E-state index in [9.17, 15) is 4.79 Å². The molecule has 168 valence electrons. The lowest BCUT2D eigenvalue weighted by Crippen LogP contribution is -2.08. The van der Waals surface area contributed by atoms with Crippen molar-refractivity contribution in [3.63, 3.8) is 0 Å². The Hall–Kier alpha value is -2.91. The smallest absolute Gasteiger partial charge is 0.343 e. The Morgan fingerprint density at radius 3 is 1.97 bits per heavy atom. The third-order valence-corrected chi connectivity index (χ3v) is 5.65. The van der Waals surface area contributed by atoms with Crippen molar-refractivity contribution in [2.24, 2.45) is 0 Å². The number of hydrogen-bond donors (Lipinski definition) is 0. The van der Waals surface area contributed by atoms with Crippen molar-refractivity contribution in [2.45, 2.75) is 59.0 Å². The fourth-order valence-electron chi connectivity index (χ4n) is 3.52. The molecular weight excluding hydrogens is 396 g/mol. The summed E-state index contributed by atoms with van der Waals surface area (Å²) in [5, 5.41) is 0. The van der Waals surface area contributed by atoms with Gasteiger partial charge in [-0.1, -0.05) is 75.2 Å². The largest absolute Gasteiger partial charge is 0.423 e. The molecule has 0 amide bonds. The van der Waals surface area contributed by atoms with E-state index in [0.717, 1.165) is 49.8 Å². The molecule has 3 rings (SSSR count). The molecule has 0 aromatic heterocycles. The van der Waals surface area contributed by atoms with E-state index in [4.69, 9.17) is 9.47 Å². The molecule has 1 atom stereocenters. The van der Waals surface area contributed by atoms with Crippen molar-refractivity contribution < 1.29 is 14.3 Å². The van der Waals surface area contributed by atoms with Gasteiger partial charge in [-0.05, 0) is 72.7 Å². The molecule has 0 aliphatic carbocycles. The zero-order valence-corrected chi connectivity index (χ0v) is 19.5. The molecule has 3 aromatic rings. The van der Waals surface area contributed by atoms with Gasteiger partial charge in [-0.25, -0.2) is 4.79 Å². The first-order chi connectivity index (χ1) is 15.6. The van der Waals surface area contributed by atoms with Crippen LogP contribution < -0.4 is 4.74 Å². The van der Waals surface area contributed by atoms with E-state index in [2.05, 4.69) is 45.0 Å². The van der Waals surface area contributed by atoms with Crippen LogP contribution in [0.5, 0.6) is 5.75 Å². The average Bonchev–Trinajstić information content (AvgIpc) is 2.83.